The zero-order valence-corrected chi connectivity index (χ0v) is 11.0. The Morgan fingerprint density at radius 1 is 1.50 bits per heavy atom. The van der Waals surface area contributed by atoms with Gasteiger partial charge in [-0.2, -0.15) is 0 Å². The first-order valence-corrected chi connectivity index (χ1v) is 6.39. The van der Waals surface area contributed by atoms with Crippen LogP contribution in [0, 0.1) is 0 Å². The number of rotatable bonds is 3. The Hall–Kier alpha value is -1.55. The van der Waals surface area contributed by atoms with E-state index in [1.54, 1.807) is 23.1 Å². The normalized spacial score (nSPS) is 15.0. The summed E-state index contributed by atoms with van der Waals surface area (Å²) in [5.41, 5.74) is 1.10. The van der Waals surface area contributed by atoms with Crippen molar-refractivity contribution in [1.82, 2.24) is 5.32 Å². The van der Waals surface area contributed by atoms with Crippen molar-refractivity contribution in [3.63, 3.8) is 0 Å². The van der Waals surface area contributed by atoms with Gasteiger partial charge in [0.2, 0.25) is 5.91 Å². The zero-order valence-electron chi connectivity index (χ0n) is 10.2. The van der Waals surface area contributed by atoms with Crippen molar-refractivity contribution in [3.8, 4) is 0 Å². The molecule has 96 valence electrons. The lowest BCUT2D eigenvalue weighted by Gasteiger charge is -2.19. The van der Waals surface area contributed by atoms with Crippen LogP contribution >= 0.6 is 11.6 Å². The summed E-state index contributed by atoms with van der Waals surface area (Å²) >= 11 is 5.96. The molecular weight excluding hydrogens is 252 g/mol. The topological polar surface area (TPSA) is 49.4 Å². The molecule has 1 heterocycles. The lowest BCUT2D eigenvalue weighted by Crippen LogP contribution is -2.29. The first kappa shape index (κ1) is 12.9. The molecule has 1 aromatic carbocycles. The number of nitrogens with zero attached hydrogens (tertiary/aromatic N) is 1. The molecule has 4 nitrogen and oxygen atoms in total. The quantitative estimate of drug-likeness (QED) is 0.912. The number of amides is 2. The summed E-state index contributed by atoms with van der Waals surface area (Å²) in [6, 6.07) is 5.00. The predicted octanol–water partition coefficient (Wildman–Crippen LogP) is 2.22. The van der Waals surface area contributed by atoms with Crippen LogP contribution in [-0.2, 0) is 4.79 Å². The van der Waals surface area contributed by atoms with E-state index in [9.17, 15) is 9.59 Å². The van der Waals surface area contributed by atoms with Gasteiger partial charge >= 0.3 is 0 Å². The van der Waals surface area contributed by atoms with Crippen LogP contribution in [0.4, 0.5) is 5.69 Å². The highest BCUT2D eigenvalue weighted by atomic mass is 35.5. The fourth-order valence-corrected chi connectivity index (χ4v) is 2.25. The highest BCUT2D eigenvalue weighted by Crippen LogP contribution is 2.28. The number of halogens is 1. The van der Waals surface area contributed by atoms with Crippen LogP contribution in [0.5, 0.6) is 0 Å². The average Bonchev–Trinajstić information content (AvgIpc) is 2.75. The Morgan fingerprint density at radius 3 is 2.89 bits per heavy atom. The maximum atomic E-state index is 11.9. The molecule has 0 aromatic heterocycles. The van der Waals surface area contributed by atoms with Crippen LogP contribution in [0.15, 0.2) is 18.2 Å². The van der Waals surface area contributed by atoms with Gasteiger partial charge in [0.05, 0.1) is 11.3 Å². The van der Waals surface area contributed by atoms with Gasteiger partial charge in [-0.1, -0.05) is 11.6 Å². The number of anilines is 1. The highest BCUT2D eigenvalue weighted by Gasteiger charge is 2.25. The molecule has 18 heavy (non-hydrogen) atoms. The molecule has 2 amide bonds. The van der Waals surface area contributed by atoms with Gasteiger partial charge < -0.3 is 10.2 Å². The molecule has 0 spiro atoms. The maximum absolute atomic E-state index is 11.9. The van der Waals surface area contributed by atoms with E-state index in [-0.39, 0.29) is 11.8 Å². The third-order valence-corrected chi connectivity index (χ3v) is 3.14. The van der Waals surface area contributed by atoms with Crippen LogP contribution in [0.2, 0.25) is 5.02 Å². The van der Waals surface area contributed by atoms with Gasteiger partial charge in [0.15, 0.2) is 0 Å². The minimum atomic E-state index is -0.177. The lowest BCUT2D eigenvalue weighted by molar-refractivity contribution is -0.117. The second kappa shape index (κ2) is 5.40. The Bertz CT molecular complexity index is 488. The van der Waals surface area contributed by atoms with Crippen molar-refractivity contribution < 1.29 is 9.59 Å². The van der Waals surface area contributed by atoms with Gasteiger partial charge in [-0.15, -0.1) is 0 Å². The summed E-state index contributed by atoms with van der Waals surface area (Å²) in [5.74, 6) is -0.133. The van der Waals surface area contributed by atoms with Gasteiger partial charge in [0.1, 0.15) is 0 Å². The van der Waals surface area contributed by atoms with Crippen LogP contribution in [-0.4, -0.2) is 24.9 Å². The second-order valence-corrected chi connectivity index (χ2v) is 4.61. The molecule has 1 aromatic rings. The number of benzene rings is 1. The molecule has 1 N–H and O–H groups in total. The largest absolute Gasteiger partial charge is 0.352 e. The first-order chi connectivity index (χ1) is 8.63. The van der Waals surface area contributed by atoms with E-state index in [1.165, 1.54) is 0 Å². The third-order valence-electron chi connectivity index (χ3n) is 2.91. The van der Waals surface area contributed by atoms with Crippen molar-refractivity contribution in [3.05, 3.63) is 28.8 Å². The number of hydrogen-bond donors (Lipinski definition) is 1. The molecule has 2 rings (SSSR count). The Morgan fingerprint density at radius 2 is 2.28 bits per heavy atom. The van der Waals surface area contributed by atoms with Gasteiger partial charge in [-0.05, 0) is 31.5 Å². The van der Waals surface area contributed by atoms with E-state index in [0.717, 1.165) is 6.42 Å². The molecule has 1 saturated heterocycles. The monoisotopic (exact) mass is 266 g/mol. The lowest BCUT2D eigenvalue weighted by atomic mass is 10.1. The highest BCUT2D eigenvalue weighted by molar-refractivity contribution is 6.31. The van der Waals surface area contributed by atoms with E-state index in [2.05, 4.69) is 5.32 Å². The SMILES string of the molecule is CCNC(=O)c1ccc(Cl)cc1N1CCCC1=O. The van der Waals surface area contributed by atoms with Crippen LogP contribution < -0.4 is 10.2 Å². The summed E-state index contributed by atoms with van der Waals surface area (Å²) in [7, 11) is 0. The van der Waals surface area contributed by atoms with Gasteiger partial charge in [-0.25, -0.2) is 0 Å². The first-order valence-electron chi connectivity index (χ1n) is 6.01. The Labute approximate surface area is 111 Å². The number of hydrogen-bond acceptors (Lipinski definition) is 2. The number of nitrogens with one attached hydrogen (secondary N) is 1. The molecular formula is C13H15ClN2O2. The van der Waals surface area contributed by atoms with Crippen LogP contribution in [0.3, 0.4) is 0 Å². The summed E-state index contributed by atoms with van der Waals surface area (Å²) < 4.78 is 0. The minimum Gasteiger partial charge on any atom is -0.352 e. The molecule has 1 aliphatic heterocycles. The van der Waals surface area contributed by atoms with Gasteiger partial charge in [0, 0.05) is 24.5 Å². The molecule has 0 saturated carbocycles. The fraction of sp³-hybridized carbons (Fsp3) is 0.385. The number of carbonyl (C=O) groups excluding carboxylic acids is 2. The molecule has 5 heteroatoms. The third kappa shape index (κ3) is 2.48. The van der Waals surface area contributed by atoms with E-state index >= 15 is 0 Å². The van der Waals surface area contributed by atoms with Crippen molar-refractivity contribution in [2.75, 3.05) is 18.0 Å². The Balaban J connectivity index is 2.40. The molecule has 1 fully saturated rings. The van der Waals surface area contributed by atoms with E-state index in [4.69, 9.17) is 11.6 Å². The van der Waals surface area contributed by atoms with Crippen molar-refractivity contribution in [2.24, 2.45) is 0 Å². The molecule has 0 radical (unpaired) electrons. The molecule has 0 unspecified atom stereocenters. The molecule has 0 bridgehead atoms. The summed E-state index contributed by atoms with van der Waals surface area (Å²) in [5, 5.41) is 3.27. The standard InChI is InChI=1S/C13H15ClN2O2/c1-2-15-13(18)10-6-5-9(14)8-11(10)16-7-3-4-12(16)17/h5-6,8H,2-4,7H2,1H3,(H,15,18). The average molecular weight is 267 g/mol. The summed E-state index contributed by atoms with van der Waals surface area (Å²) in [6.45, 7) is 3.05. The van der Waals surface area contributed by atoms with E-state index in [0.29, 0.717) is 35.8 Å². The maximum Gasteiger partial charge on any atom is 0.253 e. The van der Waals surface area contributed by atoms with Crippen LogP contribution in [0.1, 0.15) is 30.1 Å². The molecule has 0 atom stereocenters. The van der Waals surface area contributed by atoms with Gasteiger partial charge in [-0.3, -0.25) is 9.59 Å². The smallest absolute Gasteiger partial charge is 0.253 e. The summed E-state index contributed by atoms with van der Waals surface area (Å²) in [6.07, 6.45) is 1.35. The Kier molecular flexibility index (Phi) is 3.87. The van der Waals surface area contributed by atoms with Crippen molar-refractivity contribution in [2.45, 2.75) is 19.8 Å². The number of carbonyl (C=O) groups is 2. The van der Waals surface area contributed by atoms with Crippen LogP contribution in [0.25, 0.3) is 0 Å². The van der Waals surface area contributed by atoms with E-state index in [1.807, 2.05) is 6.92 Å². The zero-order chi connectivity index (χ0) is 13.1. The fourth-order valence-electron chi connectivity index (χ4n) is 2.08. The molecule has 0 aliphatic carbocycles. The van der Waals surface area contributed by atoms with E-state index < -0.39 is 0 Å². The molecule has 1 aliphatic rings. The summed E-state index contributed by atoms with van der Waals surface area (Å²) in [4.78, 5) is 25.4. The minimum absolute atomic E-state index is 0.0443. The predicted molar refractivity (Wildman–Crippen MR) is 71.0 cm³/mol. The van der Waals surface area contributed by atoms with Crippen molar-refractivity contribution >= 4 is 29.1 Å². The second-order valence-electron chi connectivity index (χ2n) is 4.17. The van der Waals surface area contributed by atoms with Gasteiger partial charge in [0.25, 0.3) is 5.91 Å². The van der Waals surface area contributed by atoms with Crippen molar-refractivity contribution in [1.29, 1.82) is 0 Å².